The van der Waals surface area contributed by atoms with Crippen LogP contribution in [-0.2, 0) is 16.0 Å². The summed E-state index contributed by atoms with van der Waals surface area (Å²) in [4.78, 5) is 23.4. The van der Waals surface area contributed by atoms with Crippen molar-refractivity contribution in [1.29, 1.82) is 0 Å². The van der Waals surface area contributed by atoms with Crippen LogP contribution >= 0.6 is 12.6 Å². The highest BCUT2D eigenvalue weighted by atomic mass is 32.1. The van der Waals surface area contributed by atoms with Gasteiger partial charge in [-0.15, -0.1) is 0 Å². The van der Waals surface area contributed by atoms with Crippen molar-refractivity contribution in [1.82, 2.24) is 10.6 Å². The first-order valence-corrected chi connectivity index (χ1v) is 7.96. The van der Waals surface area contributed by atoms with Gasteiger partial charge in [0.25, 0.3) is 0 Å². The minimum absolute atomic E-state index is 0.0789. The van der Waals surface area contributed by atoms with Crippen molar-refractivity contribution in [3.8, 4) is 0 Å². The van der Waals surface area contributed by atoms with E-state index in [1.807, 2.05) is 30.3 Å². The Morgan fingerprint density at radius 3 is 2.62 bits per heavy atom. The third-order valence-corrected chi connectivity index (χ3v) is 3.81. The molecule has 0 bridgehead atoms. The Morgan fingerprint density at radius 1 is 1.24 bits per heavy atom. The molecule has 1 fully saturated rings. The summed E-state index contributed by atoms with van der Waals surface area (Å²) in [5.41, 5.74) is 1.09. The minimum Gasteiger partial charge on any atom is -0.355 e. The first-order valence-electron chi connectivity index (χ1n) is 7.44. The first-order chi connectivity index (χ1) is 10.1. The van der Waals surface area contributed by atoms with Gasteiger partial charge in [0.15, 0.2) is 0 Å². The first kappa shape index (κ1) is 15.9. The van der Waals surface area contributed by atoms with Crippen LogP contribution in [0.3, 0.4) is 0 Å². The number of carbonyl (C=O) groups is 2. The summed E-state index contributed by atoms with van der Waals surface area (Å²) >= 11 is 4.34. The SMILES string of the molecule is O=C(CCCNC(=O)C(S)Cc1ccccc1)NC1CC1. The van der Waals surface area contributed by atoms with Gasteiger partial charge in [0.05, 0.1) is 5.25 Å². The van der Waals surface area contributed by atoms with Gasteiger partial charge in [0, 0.05) is 19.0 Å². The maximum absolute atomic E-state index is 11.9. The molecule has 1 unspecified atom stereocenters. The summed E-state index contributed by atoms with van der Waals surface area (Å²) in [7, 11) is 0. The molecule has 1 aromatic carbocycles. The van der Waals surface area contributed by atoms with Gasteiger partial charge >= 0.3 is 0 Å². The number of nitrogens with one attached hydrogen (secondary N) is 2. The average molecular weight is 306 g/mol. The number of amides is 2. The largest absolute Gasteiger partial charge is 0.355 e. The second-order valence-corrected chi connectivity index (χ2v) is 6.07. The monoisotopic (exact) mass is 306 g/mol. The zero-order chi connectivity index (χ0) is 15.1. The lowest BCUT2D eigenvalue weighted by Gasteiger charge is -2.11. The van der Waals surface area contributed by atoms with Crippen molar-refractivity contribution in [2.45, 2.75) is 43.4 Å². The van der Waals surface area contributed by atoms with Gasteiger partial charge in [-0.1, -0.05) is 30.3 Å². The van der Waals surface area contributed by atoms with Gasteiger partial charge in [-0.05, 0) is 31.2 Å². The highest BCUT2D eigenvalue weighted by Crippen LogP contribution is 2.18. The fraction of sp³-hybridized carbons (Fsp3) is 0.500. The van der Waals surface area contributed by atoms with E-state index in [1.165, 1.54) is 0 Å². The summed E-state index contributed by atoms with van der Waals surface area (Å²) in [6.45, 7) is 0.517. The molecule has 0 saturated heterocycles. The van der Waals surface area contributed by atoms with Gasteiger partial charge in [-0.2, -0.15) is 12.6 Å². The molecule has 0 spiro atoms. The predicted octanol–water partition coefficient (Wildman–Crippen LogP) is 1.70. The van der Waals surface area contributed by atoms with E-state index in [1.54, 1.807) is 0 Å². The van der Waals surface area contributed by atoms with Crippen LogP contribution in [-0.4, -0.2) is 29.7 Å². The number of hydrogen-bond acceptors (Lipinski definition) is 3. The van der Waals surface area contributed by atoms with Crippen molar-refractivity contribution >= 4 is 24.4 Å². The molecule has 2 amide bonds. The number of carbonyl (C=O) groups excluding carboxylic acids is 2. The predicted molar refractivity (Wildman–Crippen MR) is 86.3 cm³/mol. The van der Waals surface area contributed by atoms with E-state index in [0.717, 1.165) is 18.4 Å². The highest BCUT2D eigenvalue weighted by molar-refractivity contribution is 7.81. The molecule has 1 saturated carbocycles. The number of thiol groups is 1. The third kappa shape index (κ3) is 6.21. The van der Waals surface area contributed by atoms with E-state index >= 15 is 0 Å². The van der Waals surface area contributed by atoms with E-state index in [0.29, 0.717) is 31.8 Å². The molecule has 0 heterocycles. The average Bonchev–Trinajstić information content (AvgIpc) is 3.28. The second kappa shape index (κ2) is 8.08. The van der Waals surface area contributed by atoms with E-state index in [9.17, 15) is 9.59 Å². The maximum Gasteiger partial charge on any atom is 0.233 e. The number of rotatable bonds is 8. The second-order valence-electron chi connectivity index (χ2n) is 5.44. The Labute approximate surface area is 131 Å². The fourth-order valence-electron chi connectivity index (χ4n) is 2.04. The van der Waals surface area contributed by atoms with Crippen molar-refractivity contribution in [2.24, 2.45) is 0 Å². The van der Waals surface area contributed by atoms with Crippen LogP contribution in [0.2, 0.25) is 0 Å². The molecule has 1 atom stereocenters. The van der Waals surface area contributed by atoms with E-state index < -0.39 is 0 Å². The maximum atomic E-state index is 11.9. The molecule has 2 rings (SSSR count). The molecule has 0 radical (unpaired) electrons. The van der Waals surface area contributed by atoms with Crippen LogP contribution in [0, 0.1) is 0 Å². The Bertz CT molecular complexity index is 474. The van der Waals surface area contributed by atoms with Crippen LogP contribution in [0.25, 0.3) is 0 Å². The Hall–Kier alpha value is -1.49. The number of benzene rings is 1. The van der Waals surface area contributed by atoms with Crippen LogP contribution in [0.4, 0.5) is 0 Å². The molecule has 1 aliphatic carbocycles. The minimum atomic E-state index is -0.354. The lowest BCUT2D eigenvalue weighted by molar-refractivity contribution is -0.122. The summed E-state index contributed by atoms with van der Waals surface area (Å²) in [6, 6.07) is 10.2. The van der Waals surface area contributed by atoms with Gasteiger partial charge in [0.2, 0.25) is 11.8 Å². The Morgan fingerprint density at radius 2 is 1.95 bits per heavy atom. The molecule has 1 aliphatic rings. The summed E-state index contributed by atoms with van der Waals surface area (Å²) < 4.78 is 0. The molecule has 21 heavy (non-hydrogen) atoms. The lowest BCUT2D eigenvalue weighted by Crippen LogP contribution is -2.34. The zero-order valence-electron chi connectivity index (χ0n) is 12.0. The molecule has 4 nitrogen and oxygen atoms in total. The lowest BCUT2D eigenvalue weighted by atomic mass is 10.1. The molecule has 0 aromatic heterocycles. The quantitative estimate of drug-likeness (QED) is 0.506. The van der Waals surface area contributed by atoms with Gasteiger partial charge in [0.1, 0.15) is 0 Å². The summed E-state index contributed by atoms with van der Waals surface area (Å²) in [5, 5.41) is 5.41. The summed E-state index contributed by atoms with van der Waals surface area (Å²) in [6.07, 6.45) is 3.94. The fourth-order valence-corrected chi connectivity index (χ4v) is 2.34. The Kier molecular flexibility index (Phi) is 6.11. The number of hydrogen-bond donors (Lipinski definition) is 3. The summed E-state index contributed by atoms with van der Waals surface area (Å²) in [5.74, 6) is 0.00301. The normalized spacial score (nSPS) is 15.3. The molecule has 114 valence electrons. The standard InChI is InChI=1S/C16H22N2O2S/c19-15(18-13-8-9-13)7-4-10-17-16(20)14(21)11-12-5-2-1-3-6-12/h1-3,5-6,13-14,21H,4,7-11H2,(H,17,20)(H,18,19). The molecule has 0 aliphatic heterocycles. The van der Waals surface area contributed by atoms with Crippen molar-refractivity contribution in [3.05, 3.63) is 35.9 Å². The molecular formula is C16H22N2O2S. The smallest absolute Gasteiger partial charge is 0.233 e. The van der Waals surface area contributed by atoms with Crippen molar-refractivity contribution < 1.29 is 9.59 Å². The van der Waals surface area contributed by atoms with Gasteiger partial charge in [-0.25, -0.2) is 0 Å². The van der Waals surface area contributed by atoms with E-state index in [2.05, 4.69) is 23.3 Å². The molecular weight excluding hydrogens is 284 g/mol. The van der Waals surface area contributed by atoms with Crippen LogP contribution in [0.1, 0.15) is 31.2 Å². The Balaban J connectivity index is 1.58. The van der Waals surface area contributed by atoms with Gasteiger partial charge in [-0.3, -0.25) is 9.59 Å². The van der Waals surface area contributed by atoms with Crippen molar-refractivity contribution in [2.75, 3.05) is 6.54 Å². The molecule has 1 aromatic rings. The molecule has 2 N–H and O–H groups in total. The van der Waals surface area contributed by atoms with Crippen molar-refractivity contribution in [3.63, 3.8) is 0 Å². The van der Waals surface area contributed by atoms with E-state index in [-0.39, 0.29) is 17.1 Å². The van der Waals surface area contributed by atoms with E-state index in [4.69, 9.17) is 0 Å². The highest BCUT2D eigenvalue weighted by Gasteiger charge is 2.22. The molecule has 5 heteroatoms. The topological polar surface area (TPSA) is 58.2 Å². The van der Waals surface area contributed by atoms with Crippen LogP contribution in [0.15, 0.2) is 30.3 Å². The van der Waals surface area contributed by atoms with Crippen LogP contribution < -0.4 is 10.6 Å². The van der Waals surface area contributed by atoms with Gasteiger partial charge < -0.3 is 10.6 Å². The zero-order valence-corrected chi connectivity index (χ0v) is 12.9. The third-order valence-electron chi connectivity index (χ3n) is 3.40. The van der Waals surface area contributed by atoms with Crippen LogP contribution in [0.5, 0.6) is 0 Å².